The third kappa shape index (κ3) is 2.76. The Morgan fingerprint density at radius 3 is 2.67 bits per heavy atom. The Labute approximate surface area is 110 Å². The molecule has 0 aromatic heterocycles. The molecule has 1 atom stereocenters. The summed E-state index contributed by atoms with van der Waals surface area (Å²) in [6, 6.07) is 1.80. The minimum Gasteiger partial charge on any atom is -0.396 e. The van der Waals surface area contributed by atoms with Crippen molar-refractivity contribution < 1.29 is 12.8 Å². The Hall–Kier alpha value is -0.850. The van der Waals surface area contributed by atoms with Gasteiger partial charge in [0.15, 0.2) is 0 Å². The molecular weight excluding hydrogens is 279 g/mol. The molecule has 1 aromatic carbocycles. The van der Waals surface area contributed by atoms with Gasteiger partial charge >= 0.3 is 0 Å². The van der Waals surface area contributed by atoms with Crippen molar-refractivity contribution in [1.29, 1.82) is 0 Å². The van der Waals surface area contributed by atoms with E-state index in [0.29, 0.717) is 5.92 Å². The quantitative estimate of drug-likeness (QED) is 0.835. The molecule has 18 heavy (non-hydrogen) atoms. The van der Waals surface area contributed by atoms with Crippen LogP contribution in [-0.4, -0.2) is 14.5 Å². The van der Waals surface area contributed by atoms with Crippen molar-refractivity contribution in [3.8, 4) is 0 Å². The van der Waals surface area contributed by atoms with Crippen LogP contribution in [0.2, 0.25) is 5.02 Å². The van der Waals surface area contributed by atoms with Gasteiger partial charge in [0.1, 0.15) is 10.7 Å². The average Bonchev–Trinajstić information content (AvgIpc) is 3.05. The van der Waals surface area contributed by atoms with E-state index in [1.165, 1.54) is 0 Å². The predicted molar refractivity (Wildman–Crippen MR) is 68.3 cm³/mol. The average molecular weight is 293 g/mol. The molecule has 0 radical (unpaired) electrons. The van der Waals surface area contributed by atoms with Gasteiger partial charge in [0.2, 0.25) is 10.0 Å². The van der Waals surface area contributed by atoms with E-state index >= 15 is 0 Å². The van der Waals surface area contributed by atoms with Crippen molar-refractivity contribution in [2.45, 2.75) is 30.7 Å². The molecule has 1 aliphatic carbocycles. The fourth-order valence-corrected chi connectivity index (χ4v) is 3.61. The summed E-state index contributed by atoms with van der Waals surface area (Å²) in [6.07, 6.45) is 2.03. The maximum atomic E-state index is 13.1. The standard InChI is InChI=1S/C11H14ClFN2O2S/c1-6(7-2-3-7)15-18(16,17)11-5-10(14)9(13)4-8(11)12/h4-7,15H,2-3,14H2,1H3. The normalized spacial score (nSPS) is 17.7. The molecule has 4 nitrogen and oxygen atoms in total. The maximum Gasteiger partial charge on any atom is 0.242 e. The lowest BCUT2D eigenvalue weighted by Gasteiger charge is -2.14. The summed E-state index contributed by atoms with van der Waals surface area (Å²) < 4.78 is 39.8. The maximum absolute atomic E-state index is 13.1. The smallest absolute Gasteiger partial charge is 0.242 e. The van der Waals surface area contributed by atoms with Crippen LogP contribution in [0, 0.1) is 11.7 Å². The van der Waals surface area contributed by atoms with Crippen LogP contribution in [0.5, 0.6) is 0 Å². The molecule has 3 N–H and O–H groups in total. The molecule has 7 heteroatoms. The van der Waals surface area contributed by atoms with E-state index in [9.17, 15) is 12.8 Å². The number of halogens is 2. The lowest BCUT2D eigenvalue weighted by atomic mass is 10.2. The monoisotopic (exact) mass is 292 g/mol. The lowest BCUT2D eigenvalue weighted by molar-refractivity contribution is 0.538. The highest BCUT2D eigenvalue weighted by molar-refractivity contribution is 7.89. The van der Waals surface area contributed by atoms with Crippen LogP contribution in [0.15, 0.2) is 17.0 Å². The summed E-state index contributed by atoms with van der Waals surface area (Å²) in [5.41, 5.74) is 5.13. The highest BCUT2D eigenvalue weighted by Crippen LogP contribution is 2.34. The zero-order valence-corrected chi connectivity index (χ0v) is 11.4. The molecule has 1 aliphatic rings. The Balaban J connectivity index is 2.31. The van der Waals surface area contributed by atoms with E-state index in [0.717, 1.165) is 25.0 Å². The molecule has 1 fully saturated rings. The van der Waals surface area contributed by atoms with E-state index in [4.69, 9.17) is 17.3 Å². The molecule has 1 saturated carbocycles. The van der Waals surface area contributed by atoms with E-state index in [2.05, 4.69) is 4.72 Å². The second-order valence-electron chi connectivity index (χ2n) is 4.55. The van der Waals surface area contributed by atoms with Crippen molar-refractivity contribution >= 4 is 27.3 Å². The van der Waals surface area contributed by atoms with Gasteiger partial charge in [-0.2, -0.15) is 0 Å². The molecule has 0 spiro atoms. The Kier molecular flexibility index (Phi) is 3.53. The number of nitrogens with one attached hydrogen (secondary N) is 1. The fraction of sp³-hybridized carbons (Fsp3) is 0.455. The van der Waals surface area contributed by atoms with Crippen LogP contribution in [0.3, 0.4) is 0 Å². The van der Waals surface area contributed by atoms with Gasteiger partial charge in [-0.1, -0.05) is 11.6 Å². The topological polar surface area (TPSA) is 72.2 Å². The first-order valence-electron chi connectivity index (χ1n) is 5.58. The summed E-state index contributed by atoms with van der Waals surface area (Å²) in [4.78, 5) is -0.185. The number of anilines is 1. The molecule has 0 amide bonds. The van der Waals surface area contributed by atoms with Crippen LogP contribution in [-0.2, 0) is 10.0 Å². The molecule has 1 unspecified atom stereocenters. The van der Waals surface area contributed by atoms with Crippen LogP contribution >= 0.6 is 11.6 Å². The minimum atomic E-state index is -3.76. The first-order chi connectivity index (χ1) is 8.31. The zero-order valence-electron chi connectivity index (χ0n) is 9.78. The van der Waals surface area contributed by atoms with Crippen LogP contribution in [0.25, 0.3) is 0 Å². The number of nitrogen functional groups attached to an aromatic ring is 1. The molecule has 0 saturated heterocycles. The third-order valence-electron chi connectivity index (χ3n) is 3.01. The molecule has 1 aromatic rings. The van der Waals surface area contributed by atoms with Crippen molar-refractivity contribution in [3.63, 3.8) is 0 Å². The number of rotatable bonds is 4. The van der Waals surface area contributed by atoms with E-state index in [1.54, 1.807) is 6.92 Å². The van der Waals surface area contributed by atoms with Crippen molar-refractivity contribution in [2.24, 2.45) is 5.92 Å². The molecule has 0 heterocycles. The van der Waals surface area contributed by atoms with Gasteiger partial charge in [-0.05, 0) is 37.8 Å². The van der Waals surface area contributed by atoms with Gasteiger partial charge in [-0.3, -0.25) is 0 Å². The van der Waals surface area contributed by atoms with Crippen LogP contribution in [0.1, 0.15) is 19.8 Å². The van der Waals surface area contributed by atoms with Gasteiger partial charge < -0.3 is 5.73 Å². The lowest BCUT2D eigenvalue weighted by Crippen LogP contribution is -2.34. The number of benzene rings is 1. The summed E-state index contributed by atoms with van der Waals surface area (Å²) >= 11 is 5.75. The van der Waals surface area contributed by atoms with Crippen molar-refractivity contribution in [3.05, 3.63) is 23.0 Å². The molecule has 100 valence electrons. The van der Waals surface area contributed by atoms with Crippen LogP contribution in [0.4, 0.5) is 10.1 Å². The van der Waals surface area contributed by atoms with Gasteiger partial charge in [0.05, 0.1) is 10.7 Å². The summed E-state index contributed by atoms with van der Waals surface area (Å²) in [5, 5.41) is -0.169. The Morgan fingerprint density at radius 1 is 1.50 bits per heavy atom. The molecule has 0 aliphatic heterocycles. The Morgan fingerprint density at radius 2 is 2.11 bits per heavy atom. The largest absolute Gasteiger partial charge is 0.396 e. The molecule has 0 bridgehead atoms. The van der Waals surface area contributed by atoms with Crippen molar-refractivity contribution in [1.82, 2.24) is 4.72 Å². The molecule has 2 rings (SSSR count). The third-order valence-corrected chi connectivity index (χ3v) is 5.03. The molecular formula is C11H14ClFN2O2S. The zero-order chi connectivity index (χ0) is 13.5. The highest BCUT2D eigenvalue weighted by Gasteiger charge is 2.32. The number of hydrogen-bond donors (Lipinski definition) is 2. The fourth-order valence-electron chi connectivity index (χ4n) is 1.75. The number of nitrogens with two attached hydrogens (primary N) is 1. The summed E-state index contributed by atoms with van der Waals surface area (Å²) in [7, 11) is -3.76. The predicted octanol–water partition coefficient (Wildman–Crippen LogP) is 2.14. The van der Waals surface area contributed by atoms with E-state index in [1.807, 2.05) is 0 Å². The van der Waals surface area contributed by atoms with E-state index in [-0.39, 0.29) is 21.6 Å². The van der Waals surface area contributed by atoms with Gasteiger partial charge in [-0.25, -0.2) is 17.5 Å². The SMILES string of the molecule is CC(NS(=O)(=O)c1cc(N)c(F)cc1Cl)C1CC1. The van der Waals surface area contributed by atoms with Crippen molar-refractivity contribution in [2.75, 3.05) is 5.73 Å². The van der Waals surface area contributed by atoms with Gasteiger partial charge in [0, 0.05) is 6.04 Å². The first-order valence-corrected chi connectivity index (χ1v) is 7.44. The van der Waals surface area contributed by atoms with Crippen LogP contribution < -0.4 is 10.5 Å². The summed E-state index contributed by atoms with van der Waals surface area (Å²) in [5.74, 6) is -0.356. The number of sulfonamides is 1. The summed E-state index contributed by atoms with van der Waals surface area (Å²) in [6.45, 7) is 1.80. The minimum absolute atomic E-state index is 0.155. The first kappa shape index (κ1) is 13.6. The number of hydrogen-bond acceptors (Lipinski definition) is 3. The van der Waals surface area contributed by atoms with Gasteiger partial charge in [0.25, 0.3) is 0 Å². The Bertz CT molecular complexity index is 573. The second-order valence-corrected chi connectivity index (χ2v) is 6.64. The second kappa shape index (κ2) is 4.68. The highest BCUT2D eigenvalue weighted by atomic mass is 35.5. The van der Waals surface area contributed by atoms with Gasteiger partial charge in [-0.15, -0.1) is 0 Å². The van der Waals surface area contributed by atoms with E-state index < -0.39 is 15.8 Å².